The first kappa shape index (κ1) is 16.8. The van der Waals surface area contributed by atoms with E-state index in [1.807, 2.05) is 0 Å². The molecule has 7 heteroatoms. The largest absolute Gasteiger partial charge is 0.378 e. The van der Waals surface area contributed by atoms with Crippen molar-refractivity contribution in [2.45, 2.75) is 0 Å². The minimum atomic E-state index is 0.589. The first-order chi connectivity index (χ1) is 9.50. The van der Waals surface area contributed by atoms with Crippen molar-refractivity contribution in [2.24, 2.45) is 0 Å². The number of hydrazine groups is 1. The minimum Gasteiger partial charge on any atom is -0.378 e. The Morgan fingerprint density at radius 2 is 0.632 bits per heavy atom. The van der Waals surface area contributed by atoms with Crippen molar-refractivity contribution < 1.29 is 23.7 Å². The van der Waals surface area contributed by atoms with E-state index < -0.39 is 0 Å². The predicted molar refractivity (Wildman–Crippen MR) is 70.1 cm³/mol. The van der Waals surface area contributed by atoms with Gasteiger partial charge in [0.1, 0.15) is 0 Å². The molecule has 0 amide bonds. The number of nitrogens with one attached hydrogen (secondary N) is 2. The molecule has 7 nitrogen and oxygen atoms in total. The van der Waals surface area contributed by atoms with Crippen LogP contribution < -0.4 is 10.9 Å². The molecule has 0 radical (unpaired) electrons. The van der Waals surface area contributed by atoms with Gasteiger partial charge in [-0.1, -0.05) is 0 Å². The van der Waals surface area contributed by atoms with Crippen LogP contribution in [0.4, 0.5) is 0 Å². The van der Waals surface area contributed by atoms with Crippen molar-refractivity contribution in [3.05, 3.63) is 0 Å². The van der Waals surface area contributed by atoms with Crippen molar-refractivity contribution >= 4 is 0 Å². The molecule has 0 spiro atoms. The van der Waals surface area contributed by atoms with E-state index in [-0.39, 0.29) is 0 Å². The second kappa shape index (κ2) is 14.1. The lowest BCUT2D eigenvalue weighted by Crippen LogP contribution is -2.37. The monoisotopic (exact) mass is 278 g/mol. The van der Waals surface area contributed by atoms with E-state index in [1.165, 1.54) is 0 Å². The van der Waals surface area contributed by atoms with Gasteiger partial charge in [0, 0.05) is 13.1 Å². The standard InChI is InChI=1S/C12H26N2O5/c1-3-15-5-7-17-9-11-19-12-10-18-8-6-16-4-2-14-13-1/h13-14H,1-12H2. The Morgan fingerprint density at radius 1 is 0.368 bits per heavy atom. The molecule has 0 aliphatic carbocycles. The van der Waals surface area contributed by atoms with Crippen LogP contribution in [0.15, 0.2) is 0 Å². The second-order valence-corrected chi connectivity index (χ2v) is 3.92. The van der Waals surface area contributed by atoms with E-state index in [2.05, 4.69) is 10.9 Å². The van der Waals surface area contributed by atoms with Gasteiger partial charge in [-0.15, -0.1) is 0 Å². The third-order valence-corrected chi connectivity index (χ3v) is 2.36. The highest BCUT2D eigenvalue weighted by Gasteiger charge is 1.94. The lowest BCUT2D eigenvalue weighted by molar-refractivity contribution is -0.00954. The lowest BCUT2D eigenvalue weighted by Gasteiger charge is -2.08. The van der Waals surface area contributed by atoms with Gasteiger partial charge in [-0.2, -0.15) is 0 Å². The van der Waals surface area contributed by atoms with Crippen molar-refractivity contribution in [1.29, 1.82) is 0 Å². The molecule has 0 aromatic rings. The van der Waals surface area contributed by atoms with E-state index in [4.69, 9.17) is 23.7 Å². The average Bonchev–Trinajstić information content (AvgIpc) is 2.43. The van der Waals surface area contributed by atoms with Gasteiger partial charge in [-0.3, -0.25) is 10.9 Å². The Hall–Kier alpha value is -0.280. The smallest absolute Gasteiger partial charge is 0.0701 e. The first-order valence-corrected chi connectivity index (χ1v) is 6.84. The van der Waals surface area contributed by atoms with Crippen molar-refractivity contribution in [3.8, 4) is 0 Å². The topological polar surface area (TPSA) is 70.2 Å². The number of rotatable bonds is 0. The van der Waals surface area contributed by atoms with Gasteiger partial charge in [0.05, 0.1) is 66.1 Å². The van der Waals surface area contributed by atoms with Gasteiger partial charge in [0.2, 0.25) is 0 Å². The zero-order valence-corrected chi connectivity index (χ0v) is 11.5. The maximum absolute atomic E-state index is 5.38. The maximum atomic E-state index is 5.38. The molecule has 1 rings (SSSR count). The average molecular weight is 278 g/mol. The fourth-order valence-corrected chi connectivity index (χ4v) is 1.40. The lowest BCUT2D eigenvalue weighted by atomic mass is 10.6. The summed E-state index contributed by atoms with van der Waals surface area (Å²) in [5.74, 6) is 0. The van der Waals surface area contributed by atoms with E-state index in [1.54, 1.807) is 0 Å². The third-order valence-electron chi connectivity index (χ3n) is 2.36. The molecule has 1 aliphatic rings. The van der Waals surface area contributed by atoms with E-state index >= 15 is 0 Å². The predicted octanol–water partition coefficient (Wildman–Crippen LogP) is -0.823. The summed E-state index contributed by atoms with van der Waals surface area (Å²) >= 11 is 0. The Morgan fingerprint density at radius 3 is 0.947 bits per heavy atom. The van der Waals surface area contributed by atoms with Crippen LogP contribution in [-0.2, 0) is 23.7 Å². The highest BCUT2D eigenvalue weighted by Crippen LogP contribution is 1.83. The fraction of sp³-hybridized carbons (Fsp3) is 1.00. The van der Waals surface area contributed by atoms with Crippen LogP contribution in [-0.4, -0.2) is 79.2 Å². The van der Waals surface area contributed by atoms with Crippen LogP contribution in [0.5, 0.6) is 0 Å². The van der Waals surface area contributed by atoms with Crippen molar-refractivity contribution in [1.82, 2.24) is 10.9 Å². The molecule has 1 aliphatic heterocycles. The summed E-state index contributed by atoms with van der Waals surface area (Å²) in [5.41, 5.74) is 6.10. The van der Waals surface area contributed by atoms with Crippen LogP contribution in [0.3, 0.4) is 0 Å². The summed E-state index contributed by atoms with van der Waals surface area (Å²) in [6.45, 7) is 7.58. The number of hydrogen-bond donors (Lipinski definition) is 2. The summed E-state index contributed by atoms with van der Waals surface area (Å²) in [5, 5.41) is 0. The molecule has 19 heavy (non-hydrogen) atoms. The van der Waals surface area contributed by atoms with Gasteiger partial charge in [-0.25, -0.2) is 0 Å². The Labute approximate surface area is 114 Å². The third kappa shape index (κ3) is 12.5. The molecule has 1 heterocycles. The van der Waals surface area contributed by atoms with Gasteiger partial charge in [-0.05, 0) is 0 Å². The molecule has 0 saturated carbocycles. The molecule has 0 bridgehead atoms. The summed E-state index contributed by atoms with van der Waals surface area (Å²) < 4.78 is 26.8. The van der Waals surface area contributed by atoms with Crippen molar-refractivity contribution in [3.63, 3.8) is 0 Å². The number of ether oxygens (including phenoxy) is 5. The molecule has 1 fully saturated rings. The van der Waals surface area contributed by atoms with Crippen LogP contribution in [0, 0.1) is 0 Å². The summed E-state index contributed by atoms with van der Waals surface area (Å²) in [4.78, 5) is 0. The fourth-order valence-electron chi connectivity index (χ4n) is 1.40. The quantitative estimate of drug-likeness (QED) is 0.600. The van der Waals surface area contributed by atoms with Gasteiger partial charge in [0.15, 0.2) is 0 Å². The van der Waals surface area contributed by atoms with Gasteiger partial charge >= 0.3 is 0 Å². The molecule has 0 aromatic heterocycles. The van der Waals surface area contributed by atoms with Gasteiger partial charge < -0.3 is 23.7 Å². The summed E-state index contributed by atoms with van der Waals surface area (Å²) in [7, 11) is 0. The zero-order valence-electron chi connectivity index (χ0n) is 11.5. The van der Waals surface area contributed by atoms with Crippen LogP contribution in [0.2, 0.25) is 0 Å². The highest BCUT2D eigenvalue weighted by atomic mass is 16.6. The normalized spacial score (nSPS) is 24.0. The summed E-state index contributed by atoms with van der Waals surface area (Å²) in [6.07, 6.45) is 0. The summed E-state index contributed by atoms with van der Waals surface area (Å²) in [6, 6.07) is 0. The zero-order chi connectivity index (χ0) is 13.4. The maximum Gasteiger partial charge on any atom is 0.0701 e. The highest BCUT2D eigenvalue weighted by molar-refractivity contribution is 4.43. The molecule has 0 aromatic carbocycles. The van der Waals surface area contributed by atoms with Crippen LogP contribution in [0.25, 0.3) is 0 Å². The van der Waals surface area contributed by atoms with Gasteiger partial charge in [0.25, 0.3) is 0 Å². The van der Waals surface area contributed by atoms with E-state index in [0.29, 0.717) is 66.1 Å². The molecule has 0 atom stereocenters. The first-order valence-electron chi connectivity index (χ1n) is 6.84. The Balaban J connectivity index is 2.01. The SMILES string of the molecule is C1COCCOCCOCCOCCOCCNN1. The molecule has 0 unspecified atom stereocenters. The van der Waals surface area contributed by atoms with Crippen LogP contribution in [0.1, 0.15) is 0 Å². The Kier molecular flexibility index (Phi) is 12.5. The molecule has 1 saturated heterocycles. The Bertz CT molecular complexity index is 105. The molecule has 2 N–H and O–H groups in total. The minimum absolute atomic E-state index is 0.589. The van der Waals surface area contributed by atoms with Crippen LogP contribution >= 0.6 is 0 Å². The number of hydrogen-bond acceptors (Lipinski definition) is 7. The second-order valence-electron chi connectivity index (χ2n) is 3.92. The van der Waals surface area contributed by atoms with E-state index in [9.17, 15) is 0 Å². The molecule has 114 valence electrons. The van der Waals surface area contributed by atoms with Crippen molar-refractivity contribution in [2.75, 3.05) is 79.2 Å². The van der Waals surface area contributed by atoms with E-state index in [0.717, 1.165) is 13.1 Å². The molecular formula is C12H26N2O5. The molecular weight excluding hydrogens is 252 g/mol.